The lowest BCUT2D eigenvalue weighted by Crippen LogP contribution is -2.49. The number of nitrogens with one attached hydrogen (secondary N) is 1. The summed E-state index contributed by atoms with van der Waals surface area (Å²) in [5, 5.41) is 4.45. The number of carbonyl (C=O) groups excluding carboxylic acids is 1. The number of anilines is 2. The fourth-order valence-electron chi connectivity index (χ4n) is 3.71. The molecule has 1 saturated carbocycles. The molecule has 2 aliphatic rings. The van der Waals surface area contributed by atoms with Crippen LogP contribution in [0.4, 0.5) is 11.6 Å². The molecule has 2 heterocycles. The highest BCUT2D eigenvalue weighted by Gasteiger charge is 2.28. The maximum Gasteiger partial charge on any atom is 0.254 e. The van der Waals surface area contributed by atoms with Crippen LogP contribution in [0.3, 0.4) is 0 Å². The Morgan fingerprint density at radius 1 is 0.933 bits per heavy atom. The third kappa shape index (κ3) is 4.02. The number of benzene rings is 2. The van der Waals surface area contributed by atoms with Gasteiger partial charge in [-0.15, -0.1) is 0 Å². The SMILES string of the molecule is O=C(c1cc(Cl)cc(Cl)c1)N1CCN(c2nc3ccccc3nc2NC2CC2)CC1. The van der Waals surface area contributed by atoms with Crippen molar-refractivity contribution in [2.45, 2.75) is 18.9 Å². The third-order valence-electron chi connectivity index (χ3n) is 5.45. The molecule has 1 aliphatic heterocycles. The normalized spacial score (nSPS) is 16.7. The first-order valence-electron chi connectivity index (χ1n) is 10.1. The molecule has 2 fully saturated rings. The number of hydrogen-bond acceptors (Lipinski definition) is 5. The molecule has 30 heavy (non-hydrogen) atoms. The zero-order chi connectivity index (χ0) is 20.7. The summed E-state index contributed by atoms with van der Waals surface area (Å²) in [4.78, 5) is 26.7. The van der Waals surface area contributed by atoms with Crippen molar-refractivity contribution in [3.63, 3.8) is 0 Å². The van der Waals surface area contributed by atoms with Gasteiger partial charge in [-0.05, 0) is 43.2 Å². The van der Waals surface area contributed by atoms with Crippen LogP contribution in [-0.2, 0) is 0 Å². The van der Waals surface area contributed by atoms with Gasteiger partial charge < -0.3 is 15.1 Å². The van der Waals surface area contributed by atoms with Gasteiger partial charge in [-0.3, -0.25) is 4.79 Å². The van der Waals surface area contributed by atoms with Crippen LogP contribution in [0.2, 0.25) is 10.0 Å². The molecule has 154 valence electrons. The van der Waals surface area contributed by atoms with Crippen molar-refractivity contribution < 1.29 is 4.79 Å². The molecule has 8 heteroatoms. The Morgan fingerprint density at radius 3 is 2.20 bits per heavy atom. The molecule has 6 nitrogen and oxygen atoms in total. The van der Waals surface area contributed by atoms with E-state index in [1.54, 1.807) is 18.2 Å². The lowest BCUT2D eigenvalue weighted by atomic mass is 10.2. The van der Waals surface area contributed by atoms with Crippen molar-refractivity contribution >= 4 is 51.8 Å². The molecule has 2 aromatic carbocycles. The van der Waals surface area contributed by atoms with E-state index >= 15 is 0 Å². The highest BCUT2D eigenvalue weighted by Crippen LogP contribution is 2.31. The second kappa shape index (κ2) is 7.93. The molecule has 0 atom stereocenters. The summed E-state index contributed by atoms with van der Waals surface area (Å²) in [6, 6.07) is 13.3. The number of piperazine rings is 1. The summed E-state index contributed by atoms with van der Waals surface area (Å²) in [5.74, 6) is 1.64. The second-order valence-corrected chi connectivity index (χ2v) is 8.61. The van der Waals surface area contributed by atoms with Gasteiger partial charge in [-0.25, -0.2) is 9.97 Å². The smallest absolute Gasteiger partial charge is 0.254 e. The first-order valence-corrected chi connectivity index (χ1v) is 10.9. The maximum atomic E-state index is 12.9. The summed E-state index contributed by atoms with van der Waals surface area (Å²) in [5.41, 5.74) is 2.28. The minimum Gasteiger partial charge on any atom is -0.364 e. The Kier molecular flexibility index (Phi) is 5.13. The van der Waals surface area contributed by atoms with Gasteiger partial charge in [0.15, 0.2) is 11.6 Å². The van der Waals surface area contributed by atoms with Crippen molar-refractivity contribution in [2.75, 3.05) is 36.4 Å². The molecule has 0 bridgehead atoms. The average Bonchev–Trinajstić information content (AvgIpc) is 3.56. The maximum absolute atomic E-state index is 12.9. The lowest BCUT2D eigenvalue weighted by Gasteiger charge is -2.36. The van der Waals surface area contributed by atoms with Gasteiger partial charge in [-0.1, -0.05) is 35.3 Å². The molecule has 0 unspecified atom stereocenters. The van der Waals surface area contributed by atoms with E-state index in [0.717, 1.165) is 22.7 Å². The molecule has 1 aliphatic carbocycles. The van der Waals surface area contributed by atoms with Gasteiger partial charge in [0.25, 0.3) is 5.91 Å². The Balaban J connectivity index is 1.36. The fraction of sp³-hybridized carbons (Fsp3) is 0.318. The van der Waals surface area contributed by atoms with E-state index in [4.69, 9.17) is 33.2 Å². The number of halogens is 2. The van der Waals surface area contributed by atoms with Gasteiger partial charge >= 0.3 is 0 Å². The van der Waals surface area contributed by atoms with Crippen LogP contribution in [-0.4, -0.2) is 53.0 Å². The van der Waals surface area contributed by atoms with Gasteiger partial charge in [0.1, 0.15) is 0 Å². The largest absolute Gasteiger partial charge is 0.364 e. The molecule has 1 aromatic heterocycles. The number of aromatic nitrogens is 2. The number of nitrogens with zero attached hydrogens (tertiary/aromatic N) is 4. The third-order valence-corrected chi connectivity index (χ3v) is 5.88. The van der Waals surface area contributed by atoms with E-state index in [1.165, 1.54) is 12.8 Å². The number of rotatable bonds is 4. The van der Waals surface area contributed by atoms with Crippen molar-refractivity contribution in [2.24, 2.45) is 0 Å². The monoisotopic (exact) mass is 441 g/mol. The number of para-hydroxylation sites is 2. The minimum atomic E-state index is -0.0556. The molecule has 1 saturated heterocycles. The molecule has 1 amide bonds. The quantitative estimate of drug-likeness (QED) is 0.646. The van der Waals surface area contributed by atoms with Crippen molar-refractivity contribution in [3.8, 4) is 0 Å². The number of hydrogen-bond donors (Lipinski definition) is 1. The number of amides is 1. The highest BCUT2D eigenvalue weighted by atomic mass is 35.5. The van der Waals surface area contributed by atoms with Gasteiger partial charge in [0, 0.05) is 47.8 Å². The zero-order valence-corrected chi connectivity index (χ0v) is 17.8. The first kappa shape index (κ1) is 19.4. The molecule has 1 N–H and O–H groups in total. The Bertz CT molecular complexity index is 1090. The Morgan fingerprint density at radius 2 is 1.57 bits per heavy atom. The summed E-state index contributed by atoms with van der Waals surface area (Å²) in [6.45, 7) is 2.57. The van der Waals surface area contributed by atoms with Crippen molar-refractivity contribution in [1.29, 1.82) is 0 Å². The first-order chi connectivity index (χ1) is 14.6. The van der Waals surface area contributed by atoms with Crippen LogP contribution in [0.1, 0.15) is 23.2 Å². The zero-order valence-electron chi connectivity index (χ0n) is 16.3. The van der Waals surface area contributed by atoms with Crippen molar-refractivity contribution in [3.05, 3.63) is 58.1 Å². The van der Waals surface area contributed by atoms with Crippen LogP contribution in [0, 0.1) is 0 Å². The molecule has 3 aromatic rings. The minimum absolute atomic E-state index is 0.0556. The van der Waals surface area contributed by atoms with Gasteiger partial charge in [-0.2, -0.15) is 0 Å². The standard InChI is InChI=1S/C22H21Cl2N5O/c23-15-11-14(12-16(24)13-15)22(30)29-9-7-28(8-10-29)21-20(25-17-5-6-17)26-18-3-1-2-4-19(18)27-21/h1-4,11-13,17H,5-10H2,(H,25,26). The van der Waals surface area contributed by atoms with Crippen LogP contribution in [0.25, 0.3) is 11.0 Å². The molecule has 0 radical (unpaired) electrons. The summed E-state index contributed by atoms with van der Waals surface area (Å²) in [7, 11) is 0. The molecule has 5 rings (SSSR count). The van der Waals surface area contributed by atoms with Crippen LogP contribution >= 0.6 is 23.2 Å². The summed E-state index contributed by atoms with van der Waals surface area (Å²) < 4.78 is 0. The van der Waals surface area contributed by atoms with Crippen LogP contribution in [0.5, 0.6) is 0 Å². The molecular formula is C22H21Cl2N5O. The Labute approximate surface area is 184 Å². The second-order valence-electron chi connectivity index (χ2n) is 7.74. The van der Waals surface area contributed by atoms with Crippen LogP contribution < -0.4 is 10.2 Å². The molecule has 0 spiro atoms. The predicted molar refractivity (Wildman–Crippen MR) is 121 cm³/mol. The van der Waals surface area contributed by atoms with E-state index in [-0.39, 0.29) is 5.91 Å². The highest BCUT2D eigenvalue weighted by molar-refractivity contribution is 6.35. The summed E-state index contributed by atoms with van der Waals surface area (Å²) in [6.07, 6.45) is 2.33. The number of carbonyl (C=O) groups is 1. The van der Waals surface area contributed by atoms with Gasteiger partial charge in [0.05, 0.1) is 11.0 Å². The van der Waals surface area contributed by atoms with Crippen LogP contribution in [0.15, 0.2) is 42.5 Å². The fourth-order valence-corrected chi connectivity index (χ4v) is 4.24. The van der Waals surface area contributed by atoms with E-state index in [2.05, 4.69) is 10.2 Å². The van der Waals surface area contributed by atoms with Gasteiger partial charge in [0.2, 0.25) is 0 Å². The van der Waals surface area contributed by atoms with E-state index < -0.39 is 0 Å². The predicted octanol–water partition coefficient (Wildman–Crippen LogP) is 4.47. The molecular weight excluding hydrogens is 421 g/mol. The van der Waals surface area contributed by atoms with Crippen molar-refractivity contribution in [1.82, 2.24) is 14.9 Å². The van der Waals surface area contributed by atoms with E-state index in [0.29, 0.717) is 47.8 Å². The van der Waals surface area contributed by atoms with E-state index in [1.807, 2.05) is 29.2 Å². The Hall–Kier alpha value is -2.57. The lowest BCUT2D eigenvalue weighted by molar-refractivity contribution is 0.0746. The van der Waals surface area contributed by atoms with E-state index in [9.17, 15) is 4.79 Å². The topological polar surface area (TPSA) is 61.4 Å². The summed E-state index contributed by atoms with van der Waals surface area (Å²) >= 11 is 12.1. The number of fused-ring (bicyclic) bond motifs is 1. The average molecular weight is 442 g/mol.